The normalized spacial score (nSPS) is 36.0. The molecule has 1 N–H and O–H groups in total. The summed E-state index contributed by atoms with van der Waals surface area (Å²) in [4.78, 5) is 29.6. The molecule has 4 heterocycles. The zero-order valence-corrected chi connectivity index (χ0v) is 16.8. The zero-order valence-electron chi connectivity index (χ0n) is 15.3. The van der Waals surface area contributed by atoms with Crippen LogP contribution in [0.15, 0.2) is 24.3 Å². The van der Waals surface area contributed by atoms with Crippen molar-refractivity contribution in [2.45, 2.75) is 56.7 Å². The van der Waals surface area contributed by atoms with Crippen molar-refractivity contribution < 1.29 is 14.7 Å². The number of para-hydroxylation sites is 1. The Bertz CT molecular complexity index is 788. The van der Waals surface area contributed by atoms with Crippen LogP contribution in [0.25, 0.3) is 0 Å². The van der Waals surface area contributed by atoms with Gasteiger partial charge in [-0.3, -0.25) is 14.5 Å². The predicted octanol–water partition coefficient (Wildman–Crippen LogP) is 3.42. The molecule has 0 aliphatic carbocycles. The minimum atomic E-state index is -1.05. The number of halogens is 2. The van der Waals surface area contributed by atoms with Gasteiger partial charge < -0.3 is 10.0 Å². The number of aliphatic hydroxyl groups excluding tert-OH is 1. The Morgan fingerprint density at radius 2 is 1.93 bits per heavy atom. The highest BCUT2D eigenvalue weighted by Crippen LogP contribution is 2.68. The number of anilines is 1. The van der Waals surface area contributed by atoms with E-state index in [1.165, 1.54) is 0 Å². The molecular formula is C20H24Cl2N2O3. The minimum Gasteiger partial charge on any atom is -0.382 e. The van der Waals surface area contributed by atoms with E-state index in [9.17, 15) is 14.7 Å². The molecule has 0 unspecified atom stereocenters. The van der Waals surface area contributed by atoms with Gasteiger partial charge in [-0.25, -0.2) is 0 Å². The summed E-state index contributed by atoms with van der Waals surface area (Å²) < 4.78 is 0. The van der Waals surface area contributed by atoms with Gasteiger partial charge in [0.05, 0.1) is 11.3 Å². The molecule has 0 aromatic heterocycles. The summed E-state index contributed by atoms with van der Waals surface area (Å²) in [6, 6.07) is 7.83. The van der Waals surface area contributed by atoms with Crippen molar-refractivity contribution in [2.24, 2.45) is 5.41 Å². The van der Waals surface area contributed by atoms with Crippen molar-refractivity contribution in [3.63, 3.8) is 0 Å². The third-order valence-corrected chi connectivity index (χ3v) is 7.09. The lowest BCUT2D eigenvalue weighted by Crippen LogP contribution is -2.73. The van der Waals surface area contributed by atoms with Crippen LogP contribution >= 0.6 is 23.2 Å². The van der Waals surface area contributed by atoms with Crippen LogP contribution in [0.3, 0.4) is 0 Å². The topological polar surface area (TPSA) is 60.9 Å². The highest BCUT2D eigenvalue weighted by atomic mass is 35.5. The second-order valence-electron chi connectivity index (χ2n) is 7.76. The number of carbonyl (C=O) groups is 2. The van der Waals surface area contributed by atoms with Crippen LogP contribution in [-0.2, 0) is 9.59 Å². The first-order chi connectivity index (χ1) is 13.0. The number of fused-ring (bicyclic) bond motifs is 3. The average Bonchev–Trinajstić information content (AvgIpc) is 3.10. The maximum atomic E-state index is 13.0. The second kappa shape index (κ2) is 6.64. The fraction of sp³-hybridized carbons (Fsp3) is 0.600. The van der Waals surface area contributed by atoms with E-state index >= 15 is 0 Å². The Morgan fingerprint density at radius 1 is 1.22 bits per heavy atom. The number of alkyl halides is 2. The summed E-state index contributed by atoms with van der Waals surface area (Å²) in [5.41, 5.74) is 1.02. The van der Waals surface area contributed by atoms with E-state index in [0.29, 0.717) is 13.0 Å². The van der Waals surface area contributed by atoms with E-state index in [-0.39, 0.29) is 28.5 Å². The van der Waals surface area contributed by atoms with Gasteiger partial charge in [-0.1, -0.05) is 25.1 Å². The maximum Gasteiger partial charge on any atom is 0.254 e. The van der Waals surface area contributed by atoms with Gasteiger partial charge in [-0.05, 0) is 37.3 Å². The van der Waals surface area contributed by atoms with Crippen molar-refractivity contribution in [1.29, 1.82) is 0 Å². The van der Waals surface area contributed by atoms with Crippen molar-refractivity contribution in [3.8, 4) is 0 Å². The molecule has 7 heteroatoms. The molecule has 3 fully saturated rings. The summed E-state index contributed by atoms with van der Waals surface area (Å²) in [5.74, 6) is -0.444. The molecule has 0 radical (unpaired) electrons. The summed E-state index contributed by atoms with van der Waals surface area (Å²) in [7, 11) is 0. The molecule has 27 heavy (non-hydrogen) atoms. The molecule has 0 saturated carbocycles. The maximum absolute atomic E-state index is 13.0. The van der Waals surface area contributed by atoms with Crippen LogP contribution in [0, 0.1) is 5.41 Å². The molecule has 4 aliphatic heterocycles. The molecule has 5 rings (SSSR count). The third kappa shape index (κ3) is 2.16. The summed E-state index contributed by atoms with van der Waals surface area (Å²) in [6.07, 6.45) is 3.14. The Balaban J connectivity index is 0.000000565. The number of carbonyl (C=O) groups excluding carboxylic acids is 2. The van der Waals surface area contributed by atoms with Crippen LogP contribution in [0.1, 0.15) is 50.5 Å². The Labute approximate surface area is 169 Å². The van der Waals surface area contributed by atoms with Crippen LogP contribution in [-0.4, -0.2) is 45.5 Å². The van der Waals surface area contributed by atoms with Gasteiger partial charge in [0.25, 0.3) is 5.91 Å². The van der Waals surface area contributed by atoms with Crippen molar-refractivity contribution >= 4 is 40.7 Å². The van der Waals surface area contributed by atoms with E-state index < -0.39 is 11.8 Å². The summed E-state index contributed by atoms with van der Waals surface area (Å²) in [5, 5.41) is 11.1. The monoisotopic (exact) mass is 410 g/mol. The summed E-state index contributed by atoms with van der Waals surface area (Å²) >= 11 is 9.53. The lowest BCUT2D eigenvalue weighted by atomic mass is 9.58. The SMILES string of the molecule is CC[C@@]12CCCN3C(=O)[C@H](O)[C@H]4c5ccccc5N(C(=O)CC1)[C@]432.ClCCl. The molecule has 1 spiro atoms. The lowest BCUT2D eigenvalue weighted by Gasteiger charge is -2.62. The van der Waals surface area contributed by atoms with E-state index in [1.54, 1.807) is 0 Å². The van der Waals surface area contributed by atoms with Crippen LogP contribution in [0.2, 0.25) is 0 Å². The molecule has 2 amide bonds. The number of aliphatic hydroxyl groups is 1. The minimum absolute atomic E-state index is 0.0859. The van der Waals surface area contributed by atoms with Crippen molar-refractivity contribution in [3.05, 3.63) is 29.8 Å². The van der Waals surface area contributed by atoms with Gasteiger partial charge in [0.2, 0.25) is 5.91 Å². The Kier molecular flexibility index (Phi) is 4.68. The molecule has 146 valence electrons. The zero-order chi connectivity index (χ0) is 19.4. The van der Waals surface area contributed by atoms with Crippen LogP contribution in [0.4, 0.5) is 5.69 Å². The smallest absolute Gasteiger partial charge is 0.254 e. The fourth-order valence-electron chi connectivity index (χ4n) is 6.24. The first-order valence-corrected chi connectivity index (χ1v) is 10.6. The van der Waals surface area contributed by atoms with E-state index in [0.717, 1.165) is 36.9 Å². The van der Waals surface area contributed by atoms with E-state index in [1.807, 2.05) is 34.1 Å². The Hall–Kier alpha value is -1.30. The lowest BCUT2D eigenvalue weighted by molar-refractivity contribution is -0.151. The largest absolute Gasteiger partial charge is 0.382 e. The van der Waals surface area contributed by atoms with Gasteiger partial charge in [-0.15, -0.1) is 23.2 Å². The first kappa shape index (κ1) is 19.0. The van der Waals surface area contributed by atoms with Gasteiger partial charge in [0.15, 0.2) is 0 Å². The fourth-order valence-corrected chi connectivity index (χ4v) is 6.24. The number of amides is 2. The molecule has 1 aromatic rings. The van der Waals surface area contributed by atoms with Gasteiger partial charge in [-0.2, -0.15) is 0 Å². The number of nitrogens with zero attached hydrogens (tertiary/aromatic N) is 2. The van der Waals surface area contributed by atoms with Crippen molar-refractivity contribution in [2.75, 3.05) is 16.8 Å². The molecule has 1 aromatic carbocycles. The first-order valence-electron chi connectivity index (χ1n) is 9.53. The number of benzene rings is 1. The molecule has 3 saturated heterocycles. The van der Waals surface area contributed by atoms with E-state index in [4.69, 9.17) is 23.2 Å². The van der Waals surface area contributed by atoms with Gasteiger partial charge in [0, 0.05) is 24.1 Å². The number of hydrogen-bond donors (Lipinski definition) is 1. The highest BCUT2D eigenvalue weighted by molar-refractivity contribution is 6.40. The van der Waals surface area contributed by atoms with Crippen LogP contribution < -0.4 is 4.90 Å². The van der Waals surface area contributed by atoms with Gasteiger partial charge >= 0.3 is 0 Å². The molecule has 5 nitrogen and oxygen atoms in total. The van der Waals surface area contributed by atoms with Crippen molar-refractivity contribution in [1.82, 2.24) is 4.90 Å². The quantitative estimate of drug-likeness (QED) is 0.721. The third-order valence-electron chi connectivity index (χ3n) is 7.09. The molecule has 0 bridgehead atoms. The standard InChI is InChI=1S/C19H22N2O3.CH2Cl2/c1-2-18-9-5-11-20-17(24)16(23)15-12-6-3-4-7-13(12)21(19(15,18)20)14(22)8-10-18;2-1-3/h3-4,6-7,15-16,23H,2,5,8-11H2,1H3;1H2/t15-,16-,18-,19+;/m1./s1. The van der Waals surface area contributed by atoms with Gasteiger partial charge in [0.1, 0.15) is 11.8 Å². The molecular weight excluding hydrogens is 387 g/mol. The van der Waals surface area contributed by atoms with Crippen LogP contribution in [0.5, 0.6) is 0 Å². The Morgan fingerprint density at radius 3 is 2.63 bits per heavy atom. The highest BCUT2D eigenvalue weighted by Gasteiger charge is 2.76. The molecule has 4 aliphatic rings. The second-order valence-corrected chi connectivity index (χ2v) is 8.57. The average molecular weight is 411 g/mol. The predicted molar refractivity (Wildman–Crippen MR) is 105 cm³/mol. The number of piperidine rings is 2. The molecule has 4 atom stereocenters. The summed E-state index contributed by atoms with van der Waals surface area (Å²) in [6.45, 7) is 2.80. The number of rotatable bonds is 1. The number of hydrogen-bond acceptors (Lipinski definition) is 3. The van der Waals surface area contributed by atoms with E-state index in [2.05, 4.69) is 6.92 Å².